The van der Waals surface area contributed by atoms with Crippen LogP contribution < -0.4 is 26.5 Å². The number of nitrogens with two attached hydrogens (primary N) is 1. The lowest BCUT2D eigenvalue weighted by Gasteiger charge is -2.28. The molecule has 64 heavy (non-hydrogen) atoms. The Morgan fingerprint density at radius 2 is 1.53 bits per heavy atom. The minimum absolute atomic E-state index is 0.0194. The summed E-state index contributed by atoms with van der Waals surface area (Å²) in [4.78, 5) is 64.7. The summed E-state index contributed by atoms with van der Waals surface area (Å²) in [6.07, 6.45) is -2.67. The lowest BCUT2D eigenvalue weighted by atomic mass is 10.1. The number of phosphoric acid groups is 1. The molecule has 0 bridgehead atoms. The van der Waals surface area contributed by atoms with Gasteiger partial charge in [0, 0.05) is 24.8 Å². The van der Waals surface area contributed by atoms with Crippen molar-refractivity contribution in [1.29, 1.82) is 0 Å². The van der Waals surface area contributed by atoms with Crippen LogP contribution in [0, 0.1) is 0 Å². The SMILES string of the molecule is COc1ccc(C(=O)Oc2ccc(CSP3(=O)OC[C@H]4O[C@@H](n5cnc6c(N)ncnc65)C[C@@H]4OP(=O)(O)OC[C@H]4O[C@@H](n5cc(-c6ccccc6)c(=O)[nH]c5=O)C[C@@H]4O3)cc2)cc1. The molecule has 334 valence electrons. The number of phosphoric ester groups is 1. The van der Waals surface area contributed by atoms with Crippen LogP contribution >= 0.6 is 26.0 Å². The molecule has 0 saturated carbocycles. The third-order valence-electron chi connectivity index (χ3n) is 10.6. The number of imidazole rings is 1. The second kappa shape index (κ2) is 18.2. The van der Waals surface area contributed by atoms with E-state index in [9.17, 15) is 23.8 Å². The number of benzene rings is 3. The molecule has 21 nitrogen and oxygen atoms in total. The van der Waals surface area contributed by atoms with Crippen LogP contribution in [-0.2, 0) is 42.5 Å². The summed E-state index contributed by atoms with van der Waals surface area (Å²) in [6.45, 7) is -5.32. The Hall–Kier alpha value is -5.51. The first-order valence-corrected chi connectivity index (χ1v) is 24.3. The highest BCUT2D eigenvalue weighted by atomic mass is 32.7. The number of esters is 1. The van der Waals surface area contributed by atoms with Gasteiger partial charge in [-0.05, 0) is 58.9 Å². The number of nitrogens with zero attached hydrogens (tertiary/aromatic N) is 5. The average molecular weight is 936 g/mol. The van der Waals surface area contributed by atoms with Crippen molar-refractivity contribution in [3.63, 3.8) is 0 Å². The summed E-state index contributed by atoms with van der Waals surface area (Å²) < 4.78 is 78.1. The quantitative estimate of drug-likeness (QED) is 0.0932. The van der Waals surface area contributed by atoms with Crippen LogP contribution in [0.2, 0.25) is 0 Å². The summed E-state index contributed by atoms with van der Waals surface area (Å²) in [5.74, 6) is 0.493. The van der Waals surface area contributed by atoms with Gasteiger partial charge in [-0.1, -0.05) is 42.5 Å². The fourth-order valence-corrected chi connectivity index (χ4v) is 11.7. The molecule has 6 heterocycles. The fraction of sp³-hybridized carbons (Fsp3) is 0.300. The molecule has 3 aliphatic rings. The molecule has 0 amide bonds. The number of carbonyl (C=O) groups is 1. The van der Waals surface area contributed by atoms with Crippen LogP contribution in [0.25, 0.3) is 22.3 Å². The van der Waals surface area contributed by atoms with E-state index in [0.717, 1.165) is 15.9 Å². The van der Waals surface area contributed by atoms with Gasteiger partial charge in [0.05, 0.1) is 37.8 Å². The van der Waals surface area contributed by atoms with Crippen molar-refractivity contribution in [2.75, 3.05) is 26.1 Å². The van der Waals surface area contributed by atoms with E-state index in [0.29, 0.717) is 33.6 Å². The van der Waals surface area contributed by atoms with Gasteiger partial charge in [-0.3, -0.25) is 37.0 Å². The van der Waals surface area contributed by atoms with Crippen molar-refractivity contribution >= 4 is 49.0 Å². The van der Waals surface area contributed by atoms with Gasteiger partial charge in [-0.15, -0.1) is 0 Å². The molecular formula is C40H39N7O14P2S. The molecular weight excluding hydrogens is 896 g/mol. The third-order valence-corrected chi connectivity index (χ3v) is 15.3. The van der Waals surface area contributed by atoms with E-state index >= 15 is 4.57 Å². The van der Waals surface area contributed by atoms with E-state index in [1.54, 1.807) is 83.4 Å². The number of methoxy groups -OCH3 is 1. The monoisotopic (exact) mass is 935 g/mol. The third kappa shape index (κ3) is 9.48. The van der Waals surface area contributed by atoms with Crippen LogP contribution in [0.3, 0.4) is 0 Å². The number of hydrogen-bond acceptors (Lipinski definition) is 18. The van der Waals surface area contributed by atoms with Gasteiger partial charge in [-0.2, -0.15) is 0 Å². The van der Waals surface area contributed by atoms with E-state index < -0.39 is 81.9 Å². The van der Waals surface area contributed by atoms with Crippen molar-refractivity contribution in [2.45, 2.75) is 55.5 Å². The molecule has 0 radical (unpaired) electrons. The maximum Gasteiger partial charge on any atom is 0.472 e. The Labute approximate surface area is 366 Å². The van der Waals surface area contributed by atoms with Crippen LogP contribution in [0.15, 0.2) is 107 Å². The number of carbonyl (C=O) groups excluding carboxylic acids is 1. The summed E-state index contributed by atoms with van der Waals surface area (Å²) in [6, 6.07) is 21.7. The van der Waals surface area contributed by atoms with Crippen molar-refractivity contribution < 1.29 is 55.9 Å². The summed E-state index contributed by atoms with van der Waals surface area (Å²) in [5.41, 5.74) is 6.92. The second-order valence-electron chi connectivity index (χ2n) is 14.7. The van der Waals surface area contributed by atoms with E-state index in [4.69, 9.17) is 42.8 Å². The maximum absolute atomic E-state index is 15.0. The second-order valence-corrected chi connectivity index (χ2v) is 20.2. The van der Waals surface area contributed by atoms with Gasteiger partial charge < -0.3 is 29.6 Å². The Bertz CT molecular complexity index is 2880. The van der Waals surface area contributed by atoms with Gasteiger partial charge in [0.25, 0.3) is 5.56 Å². The maximum atomic E-state index is 15.0. The van der Waals surface area contributed by atoms with Crippen molar-refractivity contribution in [3.8, 4) is 22.6 Å². The first-order chi connectivity index (χ1) is 30.8. The number of nitrogen functional groups attached to an aromatic ring is 1. The molecule has 6 aromatic rings. The highest BCUT2D eigenvalue weighted by Crippen LogP contribution is 2.64. The van der Waals surface area contributed by atoms with E-state index in [-0.39, 0.29) is 35.7 Å². The largest absolute Gasteiger partial charge is 0.497 e. The molecule has 4 N–H and O–H groups in total. The number of fused-ring (bicyclic) bond motifs is 3. The number of ether oxygens (including phenoxy) is 4. The average Bonchev–Trinajstić information content (AvgIpc) is 4.02. The topological polar surface area (TPSA) is 270 Å². The molecule has 2 unspecified atom stereocenters. The predicted octanol–water partition coefficient (Wildman–Crippen LogP) is 5.39. The molecule has 3 aliphatic heterocycles. The summed E-state index contributed by atoms with van der Waals surface area (Å²) in [5, 5.41) is 0. The van der Waals surface area contributed by atoms with Gasteiger partial charge in [-0.25, -0.2) is 33.7 Å². The zero-order valence-corrected chi connectivity index (χ0v) is 36.2. The highest BCUT2D eigenvalue weighted by molar-refractivity contribution is 8.54. The lowest BCUT2D eigenvalue weighted by Crippen LogP contribution is -2.33. The molecule has 3 aromatic carbocycles. The molecule has 0 spiro atoms. The smallest absolute Gasteiger partial charge is 0.472 e. The standard InChI is InChI=1S/C40H39N7O14P2S/c1-54-26-13-9-25(10-14-26)39(49)57-27-11-7-23(8-12-27)20-64-63(53)56-19-32-29(15-34(59-32)47-22-44-35-36(41)42-21-43-37(35)47)60-62(51,52)55-18-31-30(61-63)16-33(58-31)46-17-28(38(48)45-40(46)50)24-5-3-2-4-6-24/h2-14,17,21-22,29-34H,15-16,18-20H2,1H3,(H,51,52)(H2,41,42,43)(H,45,48,50)/t29-,30-,31+,32+,33+,34+,63?/m0/s1. The van der Waals surface area contributed by atoms with Crippen molar-refractivity contribution in [1.82, 2.24) is 29.1 Å². The molecule has 3 fully saturated rings. The normalized spacial score (nSPS) is 27.2. The molecule has 8 atom stereocenters. The predicted molar refractivity (Wildman–Crippen MR) is 228 cm³/mol. The van der Waals surface area contributed by atoms with Crippen molar-refractivity contribution in [2.24, 2.45) is 0 Å². The number of rotatable bonds is 9. The summed E-state index contributed by atoms with van der Waals surface area (Å²) in [7, 11) is -3.34. The number of hydrogen-bond donors (Lipinski definition) is 3. The number of aromatic amines is 1. The Balaban J connectivity index is 0.978. The van der Waals surface area contributed by atoms with Gasteiger partial charge in [0.2, 0.25) is 0 Å². The minimum Gasteiger partial charge on any atom is -0.497 e. The Morgan fingerprint density at radius 3 is 2.25 bits per heavy atom. The Morgan fingerprint density at radius 1 is 0.859 bits per heavy atom. The van der Waals surface area contributed by atoms with Crippen molar-refractivity contribution in [3.05, 3.63) is 130 Å². The van der Waals surface area contributed by atoms with Crippen LogP contribution in [-0.4, -0.2) is 84.7 Å². The van der Waals surface area contributed by atoms with Crippen LogP contribution in [0.5, 0.6) is 11.5 Å². The van der Waals surface area contributed by atoms with E-state index in [1.807, 2.05) is 0 Å². The van der Waals surface area contributed by atoms with Gasteiger partial charge in [0.1, 0.15) is 60.2 Å². The fourth-order valence-electron chi connectivity index (χ4n) is 7.37. The van der Waals surface area contributed by atoms with Crippen LogP contribution in [0.1, 0.15) is 41.2 Å². The molecule has 9 rings (SSSR count). The number of H-pyrrole nitrogens is 1. The van der Waals surface area contributed by atoms with E-state index in [2.05, 4.69) is 19.9 Å². The number of aromatic nitrogens is 6. The lowest BCUT2D eigenvalue weighted by molar-refractivity contribution is -0.0612. The van der Waals surface area contributed by atoms with Gasteiger partial charge >= 0.3 is 26.3 Å². The number of nitrogens with one attached hydrogen (secondary N) is 1. The first-order valence-electron chi connectivity index (χ1n) is 19.7. The minimum atomic E-state index is -4.86. The zero-order chi connectivity index (χ0) is 44.6. The molecule has 24 heteroatoms. The highest BCUT2D eigenvalue weighted by Gasteiger charge is 2.48. The first kappa shape index (κ1) is 43.7. The number of anilines is 1. The molecule has 0 aliphatic carbocycles. The zero-order valence-electron chi connectivity index (χ0n) is 33.6. The molecule has 3 saturated heterocycles. The Kier molecular flexibility index (Phi) is 12.4. The van der Waals surface area contributed by atoms with E-state index in [1.165, 1.54) is 26.0 Å². The van der Waals surface area contributed by atoms with Gasteiger partial charge in [0.15, 0.2) is 11.5 Å². The summed E-state index contributed by atoms with van der Waals surface area (Å²) >= 11 is 0.843. The van der Waals surface area contributed by atoms with Crippen LogP contribution in [0.4, 0.5) is 5.82 Å². The molecule has 3 aromatic heterocycles.